The van der Waals surface area contributed by atoms with Crippen LogP contribution in [-0.4, -0.2) is 32.7 Å². The first kappa shape index (κ1) is 20.4. The van der Waals surface area contributed by atoms with Crippen LogP contribution in [0.5, 0.6) is 0 Å². The minimum Gasteiger partial charge on any atom is -0.345 e. The molecule has 1 atom stereocenters. The quantitative estimate of drug-likeness (QED) is 0.645. The van der Waals surface area contributed by atoms with Crippen LogP contribution in [-0.2, 0) is 12.0 Å². The minimum atomic E-state index is -2.65. The van der Waals surface area contributed by atoms with Crippen molar-refractivity contribution >= 4 is 16.7 Å². The van der Waals surface area contributed by atoms with E-state index >= 15 is 0 Å². The van der Waals surface area contributed by atoms with E-state index in [1.807, 2.05) is 17.0 Å². The first-order valence-electron chi connectivity index (χ1n) is 10.1. The van der Waals surface area contributed by atoms with Gasteiger partial charge in [-0.3, -0.25) is 9.36 Å². The van der Waals surface area contributed by atoms with E-state index in [0.717, 1.165) is 16.7 Å². The first-order chi connectivity index (χ1) is 14.3. The summed E-state index contributed by atoms with van der Waals surface area (Å²) in [5.41, 5.74) is 0.842. The van der Waals surface area contributed by atoms with Gasteiger partial charge in [-0.25, -0.2) is 13.8 Å². The molecule has 0 aliphatic carbocycles. The first-order valence-corrected chi connectivity index (χ1v) is 10.1. The van der Waals surface area contributed by atoms with Gasteiger partial charge in [0.25, 0.3) is 12.0 Å². The van der Waals surface area contributed by atoms with Crippen LogP contribution in [0.2, 0.25) is 0 Å². The van der Waals surface area contributed by atoms with Gasteiger partial charge in [0, 0.05) is 12.0 Å². The van der Waals surface area contributed by atoms with Crippen molar-refractivity contribution in [2.75, 3.05) is 11.4 Å². The van der Waals surface area contributed by atoms with Crippen LogP contribution in [0.4, 0.5) is 14.6 Å². The normalized spacial score (nSPS) is 17.3. The van der Waals surface area contributed by atoms with Crippen LogP contribution in [0, 0.1) is 0 Å². The molecule has 0 spiro atoms. The molecule has 0 amide bonds. The van der Waals surface area contributed by atoms with Crippen molar-refractivity contribution in [3.63, 3.8) is 0 Å². The van der Waals surface area contributed by atoms with Gasteiger partial charge in [-0.05, 0) is 37.1 Å². The molecule has 2 aromatic heterocycles. The number of benzene rings is 1. The molecular formula is C22H25F2N5O. The molecule has 1 aliphatic heterocycles. The zero-order valence-corrected chi connectivity index (χ0v) is 17.3. The summed E-state index contributed by atoms with van der Waals surface area (Å²) in [7, 11) is 0. The SMILES string of the molecule is CC(C)(C)c1ccc(N2CCCC2c2nc3ccccc3c(=O)n2CC(F)F)nn1. The van der Waals surface area contributed by atoms with Crippen molar-refractivity contribution < 1.29 is 8.78 Å². The van der Waals surface area contributed by atoms with Crippen molar-refractivity contribution in [1.29, 1.82) is 0 Å². The molecule has 6 nitrogen and oxygen atoms in total. The fraction of sp³-hybridized carbons (Fsp3) is 0.455. The molecule has 3 aromatic rings. The predicted octanol–water partition coefficient (Wildman–Crippen LogP) is 4.09. The molecule has 0 N–H and O–H groups in total. The van der Waals surface area contributed by atoms with Crippen LogP contribution in [0.15, 0.2) is 41.2 Å². The Morgan fingerprint density at radius 2 is 1.90 bits per heavy atom. The second kappa shape index (κ2) is 7.74. The largest absolute Gasteiger partial charge is 0.345 e. The Kier molecular flexibility index (Phi) is 5.26. The van der Waals surface area contributed by atoms with Gasteiger partial charge in [0.15, 0.2) is 5.82 Å². The van der Waals surface area contributed by atoms with E-state index in [-0.39, 0.29) is 11.5 Å². The fourth-order valence-electron chi connectivity index (χ4n) is 3.94. The average molecular weight is 413 g/mol. The third kappa shape index (κ3) is 3.78. The Balaban J connectivity index is 1.79. The number of alkyl halides is 2. The van der Waals surface area contributed by atoms with Gasteiger partial charge in [0.1, 0.15) is 5.82 Å². The van der Waals surface area contributed by atoms with Crippen molar-refractivity contribution in [1.82, 2.24) is 19.7 Å². The minimum absolute atomic E-state index is 0.117. The average Bonchev–Trinajstić information content (AvgIpc) is 3.19. The maximum atomic E-state index is 13.3. The lowest BCUT2D eigenvalue weighted by molar-refractivity contribution is 0.123. The standard InChI is InChI=1S/C22H25F2N5O/c1-22(2,3)17-10-11-19(27-26-17)28-12-6-9-16(28)20-25-15-8-5-4-7-14(15)21(30)29(20)13-18(23)24/h4-5,7-8,10-11,16,18H,6,9,12-13H2,1-3H3. The lowest BCUT2D eigenvalue weighted by Gasteiger charge is -2.27. The Bertz CT molecular complexity index is 1110. The van der Waals surface area contributed by atoms with Crippen LogP contribution in [0.25, 0.3) is 10.9 Å². The van der Waals surface area contributed by atoms with Crippen LogP contribution >= 0.6 is 0 Å². The molecule has 0 radical (unpaired) electrons. The van der Waals surface area contributed by atoms with E-state index in [1.165, 1.54) is 0 Å². The molecule has 1 aromatic carbocycles. The summed E-state index contributed by atoms with van der Waals surface area (Å²) in [6.07, 6.45) is -1.09. The number of hydrogen-bond acceptors (Lipinski definition) is 5. The Morgan fingerprint density at radius 1 is 1.13 bits per heavy atom. The molecule has 1 saturated heterocycles. The number of anilines is 1. The summed E-state index contributed by atoms with van der Waals surface area (Å²) in [5.74, 6) is 1.02. The van der Waals surface area contributed by atoms with Crippen molar-refractivity contribution in [3.8, 4) is 0 Å². The Hall–Kier alpha value is -2.90. The number of fused-ring (bicyclic) bond motifs is 1. The van der Waals surface area contributed by atoms with E-state index in [1.54, 1.807) is 24.3 Å². The van der Waals surface area contributed by atoms with Crippen molar-refractivity contribution in [2.45, 2.75) is 58.0 Å². The predicted molar refractivity (Wildman–Crippen MR) is 112 cm³/mol. The maximum Gasteiger partial charge on any atom is 0.261 e. The molecule has 0 saturated carbocycles. The second-order valence-corrected chi connectivity index (χ2v) is 8.67. The molecule has 158 valence electrons. The number of rotatable bonds is 4. The zero-order valence-electron chi connectivity index (χ0n) is 17.3. The monoisotopic (exact) mass is 413 g/mol. The van der Waals surface area contributed by atoms with Crippen LogP contribution in [0.3, 0.4) is 0 Å². The molecule has 30 heavy (non-hydrogen) atoms. The highest BCUT2D eigenvalue weighted by Gasteiger charge is 2.32. The third-order valence-corrected chi connectivity index (χ3v) is 5.48. The van der Waals surface area contributed by atoms with Crippen molar-refractivity contribution in [2.24, 2.45) is 0 Å². The summed E-state index contributed by atoms with van der Waals surface area (Å²) < 4.78 is 27.8. The highest BCUT2D eigenvalue weighted by Crippen LogP contribution is 2.35. The van der Waals surface area contributed by atoms with Crippen LogP contribution < -0.4 is 10.5 Å². The van der Waals surface area contributed by atoms with Crippen LogP contribution in [0.1, 0.15) is 51.2 Å². The van der Waals surface area contributed by atoms with Gasteiger partial charge >= 0.3 is 0 Å². The van der Waals surface area contributed by atoms with Gasteiger partial charge in [-0.15, -0.1) is 5.10 Å². The van der Waals surface area contributed by atoms with Gasteiger partial charge in [-0.2, -0.15) is 5.10 Å². The molecule has 8 heteroatoms. The van der Waals surface area contributed by atoms with E-state index in [9.17, 15) is 13.6 Å². The topological polar surface area (TPSA) is 63.9 Å². The van der Waals surface area contributed by atoms with E-state index in [4.69, 9.17) is 0 Å². The van der Waals surface area contributed by atoms with Crippen molar-refractivity contribution in [3.05, 3.63) is 58.3 Å². The summed E-state index contributed by atoms with van der Waals surface area (Å²) in [4.78, 5) is 19.6. The second-order valence-electron chi connectivity index (χ2n) is 8.67. The highest BCUT2D eigenvalue weighted by molar-refractivity contribution is 5.77. The molecule has 1 unspecified atom stereocenters. The molecule has 1 aliphatic rings. The summed E-state index contributed by atoms with van der Waals surface area (Å²) in [6, 6.07) is 10.4. The zero-order chi connectivity index (χ0) is 21.5. The lowest BCUT2D eigenvalue weighted by Crippen LogP contribution is -2.34. The van der Waals surface area contributed by atoms with E-state index in [2.05, 4.69) is 36.0 Å². The van der Waals surface area contributed by atoms with Gasteiger partial charge in [0.2, 0.25) is 0 Å². The molecule has 4 rings (SSSR count). The molecule has 0 bridgehead atoms. The number of aromatic nitrogens is 4. The smallest absolute Gasteiger partial charge is 0.261 e. The van der Waals surface area contributed by atoms with Gasteiger partial charge < -0.3 is 4.90 Å². The van der Waals surface area contributed by atoms with E-state index in [0.29, 0.717) is 35.5 Å². The summed E-state index contributed by atoms with van der Waals surface area (Å²) in [5, 5.41) is 9.10. The summed E-state index contributed by atoms with van der Waals surface area (Å²) in [6.45, 7) is 6.22. The highest BCUT2D eigenvalue weighted by atomic mass is 19.3. The number of hydrogen-bond donors (Lipinski definition) is 0. The fourth-order valence-corrected chi connectivity index (χ4v) is 3.94. The van der Waals surface area contributed by atoms with Gasteiger partial charge in [0.05, 0.1) is 29.2 Å². The van der Waals surface area contributed by atoms with E-state index < -0.39 is 18.5 Å². The van der Waals surface area contributed by atoms with Gasteiger partial charge in [-0.1, -0.05) is 32.9 Å². The number of para-hydroxylation sites is 1. The summed E-state index contributed by atoms with van der Waals surface area (Å²) >= 11 is 0. The molecular weight excluding hydrogens is 388 g/mol. The number of halogens is 2. The third-order valence-electron chi connectivity index (χ3n) is 5.48. The number of nitrogens with zero attached hydrogens (tertiary/aromatic N) is 5. The maximum absolute atomic E-state index is 13.3. The Labute approximate surface area is 173 Å². The molecule has 3 heterocycles. The lowest BCUT2D eigenvalue weighted by atomic mass is 9.92. The molecule has 1 fully saturated rings. The Morgan fingerprint density at radius 3 is 2.57 bits per heavy atom.